The lowest BCUT2D eigenvalue weighted by Gasteiger charge is -2.15. The molecule has 0 N–H and O–H groups in total. The highest BCUT2D eigenvalue weighted by Gasteiger charge is 2.29. The van der Waals surface area contributed by atoms with Crippen LogP contribution in [0.5, 0.6) is 0 Å². The Morgan fingerprint density at radius 1 is 1.08 bits per heavy atom. The van der Waals surface area contributed by atoms with E-state index in [-0.39, 0.29) is 5.82 Å². The van der Waals surface area contributed by atoms with E-state index in [4.69, 9.17) is 4.98 Å². The number of hydrogen-bond donors (Lipinski definition) is 0. The molecule has 0 aliphatic heterocycles. The zero-order chi connectivity index (χ0) is 16.5. The van der Waals surface area contributed by atoms with Crippen molar-refractivity contribution in [3.05, 3.63) is 71.7 Å². The standard InChI is InChI=1S/C21H17BrFN/c22-13-3-5-18-20(14-9-11-16(23)12-10-14)17-4-1-2-6-19(17)24-21(18)15-7-8-15/h1-6,9-12,15H,7-8,13H2/b5-3+. The lowest BCUT2D eigenvalue weighted by atomic mass is 9.92. The van der Waals surface area contributed by atoms with Gasteiger partial charge in [-0.1, -0.05) is 58.4 Å². The third-order valence-electron chi connectivity index (χ3n) is 4.43. The predicted octanol–water partition coefficient (Wildman–Crippen LogP) is 6.33. The Kier molecular flexibility index (Phi) is 4.19. The number of alkyl halides is 1. The summed E-state index contributed by atoms with van der Waals surface area (Å²) in [4.78, 5) is 4.95. The van der Waals surface area contributed by atoms with E-state index in [1.54, 1.807) is 0 Å². The Hall–Kier alpha value is -2.00. The average Bonchev–Trinajstić information content (AvgIpc) is 3.44. The molecule has 1 saturated carbocycles. The minimum Gasteiger partial charge on any atom is -0.252 e. The molecule has 1 nitrogen and oxygen atoms in total. The van der Waals surface area contributed by atoms with Gasteiger partial charge in [0.15, 0.2) is 0 Å². The second kappa shape index (κ2) is 6.48. The first-order chi connectivity index (χ1) is 11.8. The van der Waals surface area contributed by atoms with Crippen molar-refractivity contribution < 1.29 is 4.39 Å². The van der Waals surface area contributed by atoms with Crippen molar-refractivity contribution in [2.24, 2.45) is 0 Å². The van der Waals surface area contributed by atoms with Gasteiger partial charge in [0.25, 0.3) is 0 Å². The molecule has 0 spiro atoms. The third kappa shape index (κ3) is 2.89. The maximum atomic E-state index is 13.4. The number of rotatable bonds is 4. The quantitative estimate of drug-likeness (QED) is 0.481. The molecule has 1 aromatic heterocycles. The maximum Gasteiger partial charge on any atom is 0.123 e. The van der Waals surface area contributed by atoms with Crippen LogP contribution in [0, 0.1) is 5.82 Å². The van der Waals surface area contributed by atoms with Crippen molar-refractivity contribution >= 4 is 32.9 Å². The molecule has 1 heterocycles. The van der Waals surface area contributed by atoms with Gasteiger partial charge in [0.05, 0.1) is 11.2 Å². The summed E-state index contributed by atoms with van der Waals surface area (Å²) in [6.07, 6.45) is 6.65. The number of para-hydroxylation sites is 1. The number of hydrogen-bond acceptors (Lipinski definition) is 1. The first-order valence-corrected chi connectivity index (χ1v) is 9.31. The molecular formula is C21H17BrFN. The summed E-state index contributed by atoms with van der Waals surface area (Å²) >= 11 is 3.47. The molecule has 4 rings (SSSR count). The summed E-state index contributed by atoms with van der Waals surface area (Å²) < 4.78 is 13.4. The van der Waals surface area contributed by atoms with Gasteiger partial charge in [0.1, 0.15) is 5.82 Å². The van der Waals surface area contributed by atoms with E-state index in [1.807, 2.05) is 24.3 Å². The van der Waals surface area contributed by atoms with Gasteiger partial charge in [0, 0.05) is 27.8 Å². The lowest BCUT2D eigenvalue weighted by molar-refractivity contribution is 0.628. The highest BCUT2D eigenvalue weighted by Crippen LogP contribution is 2.45. The van der Waals surface area contributed by atoms with E-state index in [2.05, 4.69) is 40.2 Å². The number of halogens is 2. The van der Waals surface area contributed by atoms with Crippen molar-refractivity contribution in [3.63, 3.8) is 0 Å². The zero-order valence-electron chi connectivity index (χ0n) is 13.2. The fourth-order valence-electron chi connectivity index (χ4n) is 3.17. The van der Waals surface area contributed by atoms with Crippen LogP contribution in [-0.2, 0) is 0 Å². The van der Waals surface area contributed by atoms with E-state index in [9.17, 15) is 4.39 Å². The molecule has 0 bridgehead atoms. The average molecular weight is 382 g/mol. The van der Waals surface area contributed by atoms with Crippen LogP contribution >= 0.6 is 15.9 Å². The lowest BCUT2D eigenvalue weighted by Crippen LogP contribution is -1.98. The highest BCUT2D eigenvalue weighted by atomic mass is 79.9. The van der Waals surface area contributed by atoms with Crippen molar-refractivity contribution in [1.29, 1.82) is 0 Å². The molecule has 120 valence electrons. The Morgan fingerprint density at radius 2 is 1.83 bits per heavy atom. The number of allylic oxidation sites excluding steroid dienone is 1. The molecule has 0 saturated heterocycles. The van der Waals surface area contributed by atoms with Gasteiger partial charge in [-0.25, -0.2) is 4.39 Å². The van der Waals surface area contributed by atoms with Crippen LogP contribution in [-0.4, -0.2) is 10.3 Å². The van der Waals surface area contributed by atoms with Gasteiger partial charge in [-0.05, 0) is 36.6 Å². The Balaban J connectivity index is 2.06. The van der Waals surface area contributed by atoms with Gasteiger partial charge >= 0.3 is 0 Å². The first kappa shape index (κ1) is 15.5. The van der Waals surface area contributed by atoms with Crippen LogP contribution in [0.25, 0.3) is 28.1 Å². The van der Waals surface area contributed by atoms with Gasteiger partial charge in [-0.15, -0.1) is 0 Å². The molecule has 0 unspecified atom stereocenters. The SMILES string of the molecule is Fc1ccc(-c2c(/C=C/CBr)c(C3CC3)nc3ccccc23)cc1. The summed E-state index contributed by atoms with van der Waals surface area (Å²) in [6, 6.07) is 15.0. The predicted molar refractivity (Wildman–Crippen MR) is 102 cm³/mol. The van der Waals surface area contributed by atoms with Gasteiger partial charge in [-0.2, -0.15) is 0 Å². The summed E-state index contributed by atoms with van der Waals surface area (Å²) in [5.74, 6) is 0.334. The molecule has 3 aromatic rings. The van der Waals surface area contributed by atoms with Crippen LogP contribution in [0.4, 0.5) is 4.39 Å². The van der Waals surface area contributed by atoms with Gasteiger partial charge < -0.3 is 0 Å². The van der Waals surface area contributed by atoms with Gasteiger partial charge in [0.2, 0.25) is 0 Å². The Labute approximate surface area is 149 Å². The van der Waals surface area contributed by atoms with Crippen molar-refractivity contribution in [2.75, 3.05) is 5.33 Å². The molecular weight excluding hydrogens is 365 g/mol. The zero-order valence-corrected chi connectivity index (χ0v) is 14.8. The number of fused-ring (bicyclic) bond motifs is 1. The van der Waals surface area contributed by atoms with Crippen LogP contribution in [0.1, 0.15) is 30.0 Å². The summed E-state index contributed by atoms with van der Waals surface area (Å²) in [7, 11) is 0. The largest absolute Gasteiger partial charge is 0.252 e. The molecule has 0 amide bonds. The number of nitrogens with zero attached hydrogens (tertiary/aromatic N) is 1. The van der Waals surface area contributed by atoms with Crippen molar-refractivity contribution in [3.8, 4) is 11.1 Å². The monoisotopic (exact) mass is 381 g/mol. The fraction of sp³-hybridized carbons (Fsp3) is 0.190. The second-order valence-corrected chi connectivity index (χ2v) is 6.79. The van der Waals surface area contributed by atoms with Crippen LogP contribution in [0.15, 0.2) is 54.6 Å². The van der Waals surface area contributed by atoms with E-state index in [0.29, 0.717) is 5.92 Å². The van der Waals surface area contributed by atoms with E-state index < -0.39 is 0 Å². The van der Waals surface area contributed by atoms with Crippen LogP contribution < -0.4 is 0 Å². The molecule has 1 aliphatic carbocycles. The number of aromatic nitrogens is 1. The van der Waals surface area contributed by atoms with Crippen LogP contribution in [0.3, 0.4) is 0 Å². The van der Waals surface area contributed by atoms with Crippen molar-refractivity contribution in [1.82, 2.24) is 4.98 Å². The Bertz CT molecular complexity index is 911. The minimum atomic E-state index is -0.211. The van der Waals surface area contributed by atoms with E-state index >= 15 is 0 Å². The molecule has 3 heteroatoms. The highest BCUT2D eigenvalue weighted by molar-refractivity contribution is 9.09. The van der Waals surface area contributed by atoms with Crippen molar-refractivity contribution in [2.45, 2.75) is 18.8 Å². The van der Waals surface area contributed by atoms with Gasteiger partial charge in [-0.3, -0.25) is 4.98 Å². The third-order valence-corrected chi connectivity index (χ3v) is 4.80. The van der Waals surface area contributed by atoms with E-state index in [0.717, 1.165) is 27.4 Å². The molecule has 24 heavy (non-hydrogen) atoms. The first-order valence-electron chi connectivity index (χ1n) is 8.19. The molecule has 1 aliphatic rings. The molecule has 0 atom stereocenters. The smallest absolute Gasteiger partial charge is 0.123 e. The summed E-state index contributed by atoms with van der Waals surface area (Å²) in [5.41, 5.74) is 5.54. The van der Waals surface area contributed by atoms with Crippen LogP contribution in [0.2, 0.25) is 0 Å². The normalized spacial score (nSPS) is 14.6. The number of pyridine rings is 1. The topological polar surface area (TPSA) is 12.9 Å². The minimum absolute atomic E-state index is 0.211. The maximum absolute atomic E-state index is 13.4. The summed E-state index contributed by atoms with van der Waals surface area (Å²) in [5, 5.41) is 1.91. The van der Waals surface area contributed by atoms with E-state index in [1.165, 1.54) is 36.2 Å². The fourth-order valence-corrected chi connectivity index (χ4v) is 3.36. The molecule has 2 aromatic carbocycles. The summed E-state index contributed by atoms with van der Waals surface area (Å²) in [6.45, 7) is 0. The number of benzene rings is 2. The second-order valence-electron chi connectivity index (χ2n) is 6.14. The molecule has 0 radical (unpaired) electrons. The Morgan fingerprint density at radius 3 is 2.54 bits per heavy atom. The molecule has 1 fully saturated rings.